The highest BCUT2D eigenvalue weighted by molar-refractivity contribution is 6.32. The van der Waals surface area contributed by atoms with Gasteiger partial charge in [0.1, 0.15) is 5.82 Å². The molecule has 0 aromatic heterocycles. The maximum Gasteiger partial charge on any atom is 0.396 e. The number of benzene rings is 2. The molecule has 3 rings (SSSR count). The summed E-state index contributed by atoms with van der Waals surface area (Å²) in [5.41, 5.74) is -0.988. The molecule has 0 bridgehead atoms. The van der Waals surface area contributed by atoms with Gasteiger partial charge in [-0.05, 0) is 42.7 Å². The molecule has 2 aromatic carbocycles. The van der Waals surface area contributed by atoms with Crippen molar-refractivity contribution < 1.29 is 33.7 Å². The van der Waals surface area contributed by atoms with Crippen LogP contribution in [0.3, 0.4) is 0 Å². The van der Waals surface area contributed by atoms with Gasteiger partial charge in [0.15, 0.2) is 0 Å². The van der Waals surface area contributed by atoms with Gasteiger partial charge in [-0.3, -0.25) is 14.9 Å². The smallest absolute Gasteiger partial charge is 0.396 e. The zero-order chi connectivity index (χ0) is 24.9. The number of ether oxygens (including phenoxy) is 1. The molecule has 1 amide bonds. The Kier molecular flexibility index (Phi) is 7.91. The summed E-state index contributed by atoms with van der Waals surface area (Å²) in [7, 11) is 0. The number of aliphatic hydroxyl groups is 1. The lowest BCUT2D eigenvalue weighted by Crippen LogP contribution is -2.58. The number of nitrogens with one attached hydrogen (secondary N) is 2. The maximum atomic E-state index is 14.2. The van der Waals surface area contributed by atoms with E-state index in [-0.39, 0.29) is 39.0 Å². The molecular weight excluding hydrogens is 467 g/mol. The van der Waals surface area contributed by atoms with Crippen LogP contribution in [-0.4, -0.2) is 53.5 Å². The van der Waals surface area contributed by atoms with E-state index in [9.17, 15) is 29.0 Å². The first-order valence-electron chi connectivity index (χ1n) is 10.8. The number of carbonyl (C=O) groups excluding carboxylic acids is 2. The Labute approximate surface area is 201 Å². The van der Waals surface area contributed by atoms with E-state index >= 15 is 0 Å². The van der Waals surface area contributed by atoms with E-state index < -0.39 is 34.7 Å². The van der Waals surface area contributed by atoms with Crippen LogP contribution in [0.4, 0.5) is 4.39 Å². The van der Waals surface area contributed by atoms with E-state index in [0.29, 0.717) is 21.7 Å². The molecule has 0 unspecified atom stereocenters. The SMILES string of the molecule is CCOC(=O)C(=O)N[C@]1(Cc2ccc(-c3cc(Cl)ccc3F)cc2)C[C@@](CCO)(C(=O)O)CN1. The third kappa shape index (κ3) is 5.55. The van der Waals surface area contributed by atoms with Gasteiger partial charge in [-0.25, -0.2) is 9.18 Å². The largest absolute Gasteiger partial charge is 0.481 e. The van der Waals surface area contributed by atoms with Gasteiger partial charge in [-0.2, -0.15) is 0 Å². The van der Waals surface area contributed by atoms with Crippen LogP contribution >= 0.6 is 11.6 Å². The molecule has 182 valence electrons. The van der Waals surface area contributed by atoms with Crippen LogP contribution in [0.15, 0.2) is 42.5 Å². The Hall–Kier alpha value is -3.01. The predicted octanol–water partition coefficient (Wildman–Crippen LogP) is 2.51. The van der Waals surface area contributed by atoms with Gasteiger partial charge >= 0.3 is 17.8 Å². The molecular formula is C24H26ClFN2O6. The Morgan fingerprint density at radius 2 is 1.91 bits per heavy atom. The fraction of sp³-hybridized carbons (Fsp3) is 0.375. The number of halogens is 2. The molecule has 0 aliphatic carbocycles. The topological polar surface area (TPSA) is 125 Å². The van der Waals surface area contributed by atoms with Crippen molar-refractivity contribution in [3.63, 3.8) is 0 Å². The number of aliphatic carboxylic acids is 1. The molecule has 1 fully saturated rings. The lowest BCUT2D eigenvalue weighted by molar-refractivity contribution is -0.155. The van der Waals surface area contributed by atoms with Crippen molar-refractivity contribution in [3.05, 3.63) is 58.9 Å². The number of carboxylic acid groups (broad SMARTS) is 1. The quantitative estimate of drug-likeness (QED) is 0.329. The minimum atomic E-state index is -1.33. The maximum absolute atomic E-state index is 14.2. The number of amides is 1. The van der Waals surface area contributed by atoms with Gasteiger partial charge in [0.05, 0.1) is 17.7 Å². The second kappa shape index (κ2) is 10.5. The first-order valence-corrected chi connectivity index (χ1v) is 11.1. The number of aliphatic hydroxyl groups excluding tert-OH is 1. The Morgan fingerprint density at radius 3 is 2.53 bits per heavy atom. The zero-order valence-corrected chi connectivity index (χ0v) is 19.3. The van der Waals surface area contributed by atoms with E-state index in [1.165, 1.54) is 18.2 Å². The van der Waals surface area contributed by atoms with Crippen LogP contribution in [0.25, 0.3) is 11.1 Å². The first kappa shape index (κ1) is 25.6. The summed E-state index contributed by atoms with van der Waals surface area (Å²) in [5.74, 6) is -3.63. The van der Waals surface area contributed by atoms with E-state index in [4.69, 9.17) is 16.3 Å². The van der Waals surface area contributed by atoms with Crippen LogP contribution in [0.2, 0.25) is 5.02 Å². The minimum absolute atomic E-state index is 0.0117. The van der Waals surface area contributed by atoms with Gasteiger partial charge in [-0.1, -0.05) is 35.9 Å². The highest BCUT2D eigenvalue weighted by Crippen LogP contribution is 2.39. The summed E-state index contributed by atoms with van der Waals surface area (Å²) in [6.45, 7) is 1.21. The number of carboxylic acids is 1. The predicted molar refractivity (Wildman–Crippen MR) is 122 cm³/mol. The molecule has 10 heteroatoms. The highest BCUT2D eigenvalue weighted by atomic mass is 35.5. The van der Waals surface area contributed by atoms with Gasteiger partial charge in [0.2, 0.25) is 0 Å². The van der Waals surface area contributed by atoms with Crippen LogP contribution in [0.5, 0.6) is 0 Å². The normalized spacial score (nSPS) is 21.8. The van der Waals surface area contributed by atoms with Gasteiger partial charge in [-0.15, -0.1) is 0 Å². The van der Waals surface area contributed by atoms with Crippen molar-refractivity contribution in [3.8, 4) is 11.1 Å². The summed E-state index contributed by atoms with van der Waals surface area (Å²) in [4.78, 5) is 36.4. The molecule has 2 atom stereocenters. The molecule has 34 heavy (non-hydrogen) atoms. The fourth-order valence-corrected chi connectivity index (χ4v) is 4.45. The molecule has 1 aliphatic heterocycles. The first-order chi connectivity index (χ1) is 16.1. The molecule has 1 saturated heterocycles. The van der Waals surface area contributed by atoms with Crippen molar-refractivity contribution in [1.29, 1.82) is 0 Å². The summed E-state index contributed by atoms with van der Waals surface area (Å²) in [6, 6.07) is 11.1. The molecule has 0 spiro atoms. The van der Waals surface area contributed by atoms with Crippen LogP contribution < -0.4 is 10.6 Å². The number of esters is 1. The number of rotatable bonds is 8. The standard InChI is InChI=1S/C24H26ClFN2O6/c1-2-34-21(31)20(30)28-24(13-23(9-10-29,14-27-24)22(32)33)12-15-3-5-16(6-4-15)18-11-17(25)7-8-19(18)26/h3-8,11,27,29H,2,9-10,12-14H2,1H3,(H,28,30)(H,32,33)/t23-,24-/m1/s1. The number of hydrogen-bond donors (Lipinski definition) is 4. The summed E-state index contributed by atoms with van der Waals surface area (Å²) in [5, 5.41) is 25.3. The van der Waals surface area contributed by atoms with E-state index in [1.807, 2.05) is 0 Å². The van der Waals surface area contributed by atoms with Gasteiger partial charge in [0, 0.05) is 36.6 Å². The summed E-state index contributed by atoms with van der Waals surface area (Å²) < 4.78 is 19.0. The van der Waals surface area contributed by atoms with E-state index in [0.717, 1.165) is 0 Å². The molecule has 1 aliphatic rings. The molecule has 0 saturated carbocycles. The second-order valence-electron chi connectivity index (χ2n) is 8.34. The Balaban J connectivity index is 1.90. The van der Waals surface area contributed by atoms with Crippen molar-refractivity contribution in [2.24, 2.45) is 5.41 Å². The van der Waals surface area contributed by atoms with Gasteiger partial charge < -0.3 is 20.3 Å². The summed E-state index contributed by atoms with van der Waals surface area (Å²) in [6.07, 6.45) is 0.0436. The lowest BCUT2D eigenvalue weighted by atomic mass is 9.79. The van der Waals surface area contributed by atoms with E-state index in [2.05, 4.69) is 10.6 Å². The van der Waals surface area contributed by atoms with Crippen molar-refractivity contribution in [2.75, 3.05) is 19.8 Å². The molecule has 8 nitrogen and oxygen atoms in total. The number of hydrogen-bond acceptors (Lipinski definition) is 6. The van der Waals surface area contributed by atoms with Gasteiger partial charge in [0.25, 0.3) is 0 Å². The lowest BCUT2D eigenvalue weighted by Gasteiger charge is -2.32. The molecule has 4 N–H and O–H groups in total. The minimum Gasteiger partial charge on any atom is -0.481 e. The number of carbonyl (C=O) groups is 3. The summed E-state index contributed by atoms with van der Waals surface area (Å²) >= 11 is 5.99. The van der Waals surface area contributed by atoms with Crippen molar-refractivity contribution in [2.45, 2.75) is 31.8 Å². The Morgan fingerprint density at radius 1 is 1.21 bits per heavy atom. The molecule has 1 heterocycles. The second-order valence-corrected chi connectivity index (χ2v) is 8.78. The highest BCUT2D eigenvalue weighted by Gasteiger charge is 2.53. The van der Waals surface area contributed by atoms with Crippen molar-refractivity contribution >= 4 is 29.4 Å². The molecule has 0 radical (unpaired) electrons. The third-order valence-electron chi connectivity index (χ3n) is 5.96. The monoisotopic (exact) mass is 492 g/mol. The zero-order valence-electron chi connectivity index (χ0n) is 18.6. The van der Waals surface area contributed by atoms with Crippen LogP contribution in [-0.2, 0) is 25.5 Å². The Bertz CT molecular complexity index is 1080. The van der Waals surface area contributed by atoms with Crippen molar-refractivity contribution in [1.82, 2.24) is 10.6 Å². The average molecular weight is 493 g/mol. The fourth-order valence-electron chi connectivity index (χ4n) is 4.28. The van der Waals surface area contributed by atoms with Crippen LogP contribution in [0, 0.1) is 11.2 Å². The third-order valence-corrected chi connectivity index (χ3v) is 6.20. The average Bonchev–Trinajstić information content (AvgIpc) is 3.15. The van der Waals surface area contributed by atoms with E-state index in [1.54, 1.807) is 31.2 Å². The van der Waals surface area contributed by atoms with Crippen LogP contribution in [0.1, 0.15) is 25.3 Å². The molecule has 2 aromatic rings.